The second kappa shape index (κ2) is 10.2. The van der Waals surface area contributed by atoms with Crippen molar-refractivity contribution >= 4 is 10.9 Å². The first-order chi connectivity index (χ1) is 17.5. The van der Waals surface area contributed by atoms with E-state index in [4.69, 9.17) is 13.6 Å². The minimum Gasteiger partial charge on any atom is -0.497 e. The maximum Gasteiger partial charge on any atom is 0.252 e. The molecule has 0 amide bonds. The molecular weight excluding hydrogens is 460 g/mol. The van der Waals surface area contributed by atoms with E-state index in [9.17, 15) is 4.79 Å². The van der Waals surface area contributed by atoms with Crippen molar-refractivity contribution in [3.05, 3.63) is 94.3 Å². The van der Waals surface area contributed by atoms with Crippen molar-refractivity contribution in [2.24, 2.45) is 5.92 Å². The SMILES string of the molecule is COc1ccc2cc(CN(Cc3ccco3)[C@H](c3nnnn3Cc3ccco3)C(C)C)c(=O)[nH]c2c1. The lowest BCUT2D eigenvalue weighted by atomic mass is 10.00. The van der Waals surface area contributed by atoms with Gasteiger partial charge in [-0.05, 0) is 64.2 Å². The van der Waals surface area contributed by atoms with Gasteiger partial charge in [-0.15, -0.1) is 5.10 Å². The second-order valence-electron chi connectivity index (χ2n) is 9.02. The number of rotatable bonds is 10. The van der Waals surface area contributed by atoms with E-state index in [0.29, 0.717) is 36.8 Å². The number of nitrogens with one attached hydrogen (secondary N) is 1. The molecule has 0 aliphatic rings. The monoisotopic (exact) mass is 488 g/mol. The van der Waals surface area contributed by atoms with Gasteiger partial charge in [-0.25, -0.2) is 4.68 Å². The summed E-state index contributed by atoms with van der Waals surface area (Å²) < 4.78 is 18.2. The minimum absolute atomic E-state index is 0.130. The zero-order valence-corrected chi connectivity index (χ0v) is 20.4. The Kier molecular flexibility index (Phi) is 6.68. The van der Waals surface area contributed by atoms with Crippen LogP contribution in [0.3, 0.4) is 0 Å². The summed E-state index contributed by atoms with van der Waals surface area (Å²) in [6, 6.07) is 14.9. The van der Waals surface area contributed by atoms with Gasteiger partial charge in [0.1, 0.15) is 23.8 Å². The van der Waals surface area contributed by atoms with Crippen LogP contribution in [-0.4, -0.2) is 37.2 Å². The molecule has 10 nitrogen and oxygen atoms in total. The van der Waals surface area contributed by atoms with Crippen LogP contribution < -0.4 is 10.3 Å². The van der Waals surface area contributed by atoms with Gasteiger partial charge in [0.2, 0.25) is 0 Å². The Morgan fingerprint density at radius 3 is 2.53 bits per heavy atom. The maximum absolute atomic E-state index is 13.1. The second-order valence-corrected chi connectivity index (χ2v) is 9.02. The van der Waals surface area contributed by atoms with Gasteiger partial charge < -0.3 is 18.6 Å². The Morgan fingerprint density at radius 2 is 1.83 bits per heavy atom. The molecule has 0 aliphatic carbocycles. The molecule has 4 aromatic heterocycles. The molecule has 1 atom stereocenters. The smallest absolute Gasteiger partial charge is 0.252 e. The van der Waals surface area contributed by atoms with Crippen LogP contribution in [0.15, 0.2) is 74.7 Å². The first-order valence-corrected chi connectivity index (χ1v) is 11.8. The molecule has 0 bridgehead atoms. The van der Waals surface area contributed by atoms with Crippen LogP contribution in [-0.2, 0) is 19.6 Å². The van der Waals surface area contributed by atoms with E-state index in [1.54, 1.807) is 24.3 Å². The Balaban J connectivity index is 1.53. The van der Waals surface area contributed by atoms with E-state index in [0.717, 1.165) is 22.4 Å². The molecule has 0 saturated heterocycles. The van der Waals surface area contributed by atoms with E-state index in [-0.39, 0.29) is 17.5 Å². The summed E-state index contributed by atoms with van der Waals surface area (Å²) in [6.45, 7) is 5.48. The third-order valence-corrected chi connectivity index (χ3v) is 6.18. The maximum atomic E-state index is 13.1. The van der Waals surface area contributed by atoms with Crippen molar-refractivity contribution in [1.82, 2.24) is 30.1 Å². The molecule has 0 aliphatic heterocycles. The predicted octanol–water partition coefficient (Wildman–Crippen LogP) is 4.16. The normalized spacial score (nSPS) is 12.6. The highest BCUT2D eigenvalue weighted by Crippen LogP contribution is 2.31. The topological polar surface area (TPSA) is 115 Å². The number of aromatic amines is 1. The lowest BCUT2D eigenvalue weighted by Crippen LogP contribution is -2.35. The molecule has 0 fully saturated rings. The molecule has 5 rings (SSSR count). The van der Waals surface area contributed by atoms with Crippen molar-refractivity contribution in [3.63, 3.8) is 0 Å². The van der Waals surface area contributed by atoms with Gasteiger partial charge in [0.25, 0.3) is 5.56 Å². The number of fused-ring (bicyclic) bond motifs is 1. The number of aromatic nitrogens is 5. The van der Waals surface area contributed by atoms with Crippen molar-refractivity contribution in [2.45, 2.75) is 39.5 Å². The largest absolute Gasteiger partial charge is 0.497 e. The number of H-pyrrole nitrogens is 1. The molecule has 5 aromatic rings. The molecular formula is C26H28N6O4. The number of nitrogens with zero attached hydrogens (tertiary/aromatic N) is 5. The van der Waals surface area contributed by atoms with Crippen molar-refractivity contribution in [2.75, 3.05) is 7.11 Å². The predicted molar refractivity (Wildman–Crippen MR) is 132 cm³/mol. The summed E-state index contributed by atoms with van der Waals surface area (Å²) in [7, 11) is 1.60. The van der Waals surface area contributed by atoms with Crippen molar-refractivity contribution < 1.29 is 13.6 Å². The molecule has 1 N–H and O–H groups in total. The van der Waals surface area contributed by atoms with E-state index < -0.39 is 0 Å². The van der Waals surface area contributed by atoms with Gasteiger partial charge in [-0.2, -0.15) is 0 Å². The number of pyridine rings is 1. The first-order valence-electron chi connectivity index (χ1n) is 11.8. The number of hydrogen-bond donors (Lipinski definition) is 1. The van der Waals surface area contributed by atoms with Crippen molar-refractivity contribution in [1.29, 1.82) is 0 Å². The Bertz CT molecular complexity index is 1470. The summed E-state index contributed by atoms with van der Waals surface area (Å²) >= 11 is 0. The Hall–Kier alpha value is -4.18. The van der Waals surface area contributed by atoms with Gasteiger partial charge in [-0.1, -0.05) is 13.8 Å². The third kappa shape index (κ3) is 4.94. The number of tetrazole rings is 1. The van der Waals surface area contributed by atoms with Crippen LogP contribution in [0.25, 0.3) is 10.9 Å². The van der Waals surface area contributed by atoms with Crippen LogP contribution in [0.5, 0.6) is 5.75 Å². The van der Waals surface area contributed by atoms with Crippen molar-refractivity contribution in [3.8, 4) is 5.75 Å². The molecule has 1 aromatic carbocycles. The average Bonchev–Trinajstić information content (AvgIpc) is 3.64. The summed E-state index contributed by atoms with van der Waals surface area (Å²) in [5, 5.41) is 13.5. The zero-order chi connectivity index (χ0) is 25.1. The van der Waals surface area contributed by atoms with Crippen LogP contribution >= 0.6 is 0 Å². The van der Waals surface area contributed by atoms with Gasteiger partial charge in [0, 0.05) is 18.2 Å². The number of hydrogen-bond acceptors (Lipinski definition) is 8. The van der Waals surface area contributed by atoms with E-state index in [1.807, 2.05) is 48.5 Å². The molecule has 10 heteroatoms. The average molecular weight is 489 g/mol. The summed E-state index contributed by atoms with van der Waals surface area (Å²) in [5.41, 5.74) is 1.20. The molecule has 186 valence electrons. The van der Waals surface area contributed by atoms with Crippen LogP contribution in [0.2, 0.25) is 0 Å². The quantitative estimate of drug-likeness (QED) is 0.312. The highest BCUT2D eigenvalue weighted by molar-refractivity contribution is 5.80. The minimum atomic E-state index is -0.203. The summed E-state index contributed by atoms with van der Waals surface area (Å²) in [6.07, 6.45) is 3.28. The van der Waals surface area contributed by atoms with Crippen LogP contribution in [0.4, 0.5) is 0 Å². The fraction of sp³-hybridized carbons (Fsp3) is 0.308. The van der Waals surface area contributed by atoms with Crippen LogP contribution in [0.1, 0.15) is 42.8 Å². The van der Waals surface area contributed by atoms with Gasteiger partial charge >= 0.3 is 0 Å². The zero-order valence-electron chi connectivity index (χ0n) is 20.4. The fourth-order valence-corrected chi connectivity index (χ4v) is 4.51. The number of methoxy groups -OCH3 is 1. The third-order valence-electron chi connectivity index (χ3n) is 6.18. The molecule has 36 heavy (non-hydrogen) atoms. The molecule has 4 heterocycles. The molecule has 0 saturated carbocycles. The Labute approximate surface area is 207 Å². The van der Waals surface area contributed by atoms with Gasteiger partial charge in [0.05, 0.1) is 37.7 Å². The Morgan fingerprint density at radius 1 is 1.06 bits per heavy atom. The number of furan rings is 2. The van der Waals surface area contributed by atoms with Gasteiger partial charge in [-0.3, -0.25) is 9.69 Å². The molecule has 0 radical (unpaired) electrons. The standard InChI is InChI=1S/C26H28N6O4/c1-17(2)24(25-28-29-30-32(25)16-22-7-5-11-36-22)31(15-21-6-4-10-35-21)14-19-12-18-8-9-20(34-3)13-23(18)27-26(19)33/h4-13,17,24H,14-16H2,1-3H3,(H,27,33)/t24-/m0/s1. The van der Waals surface area contributed by atoms with Gasteiger partial charge in [0.15, 0.2) is 5.82 Å². The molecule has 0 spiro atoms. The highest BCUT2D eigenvalue weighted by atomic mass is 16.5. The van der Waals surface area contributed by atoms with E-state index >= 15 is 0 Å². The van der Waals surface area contributed by atoms with E-state index in [2.05, 4.69) is 39.3 Å². The first kappa shape index (κ1) is 23.6. The fourth-order valence-electron chi connectivity index (χ4n) is 4.51. The van der Waals surface area contributed by atoms with E-state index in [1.165, 1.54) is 0 Å². The lowest BCUT2D eigenvalue weighted by Gasteiger charge is -2.32. The van der Waals surface area contributed by atoms with Crippen LogP contribution in [0, 0.1) is 5.92 Å². The molecule has 0 unspecified atom stereocenters. The summed E-state index contributed by atoms with van der Waals surface area (Å²) in [5.74, 6) is 3.05. The summed E-state index contributed by atoms with van der Waals surface area (Å²) in [4.78, 5) is 18.3. The number of benzene rings is 1. The number of ether oxygens (including phenoxy) is 1. The highest BCUT2D eigenvalue weighted by Gasteiger charge is 2.31. The lowest BCUT2D eigenvalue weighted by molar-refractivity contribution is 0.116.